The molecule has 0 amide bonds. The average Bonchev–Trinajstić information content (AvgIpc) is 2.55. The average molecular weight is 320 g/mol. The molecule has 0 aliphatic carbocycles. The summed E-state index contributed by atoms with van der Waals surface area (Å²) in [5, 5.41) is 3.39. The van der Waals surface area contributed by atoms with Crippen LogP contribution in [0, 0.1) is 11.8 Å². The summed E-state index contributed by atoms with van der Waals surface area (Å²) >= 11 is 4.28. The largest absolute Gasteiger partial charge is 0.306 e. The Balaban J connectivity index is 1.44. The molecule has 0 bridgehead atoms. The second-order valence-corrected chi connectivity index (χ2v) is 8.10. The maximum atomic E-state index is 3.39. The highest BCUT2D eigenvalue weighted by Gasteiger charge is 2.12. The van der Waals surface area contributed by atoms with Gasteiger partial charge in [-0.25, -0.2) is 0 Å². The zero-order valence-electron chi connectivity index (χ0n) is 12.6. The van der Waals surface area contributed by atoms with Crippen LogP contribution in [0.1, 0.15) is 31.2 Å². The molecule has 1 aliphatic rings. The molecule has 0 atom stereocenters. The predicted octanol–water partition coefficient (Wildman–Crippen LogP) is 4.19. The highest BCUT2D eigenvalue weighted by atomic mass is 32.2. The van der Waals surface area contributed by atoms with E-state index in [0.717, 1.165) is 30.5 Å². The molecule has 3 heteroatoms. The molecule has 0 aromatic heterocycles. The van der Waals surface area contributed by atoms with Crippen molar-refractivity contribution < 1.29 is 0 Å². The molecular weight excluding hydrogens is 294 g/mol. The second-order valence-electron chi connectivity index (χ2n) is 5.18. The molecule has 21 heavy (non-hydrogen) atoms. The third-order valence-corrected chi connectivity index (χ3v) is 6.49. The van der Waals surface area contributed by atoms with Gasteiger partial charge in [-0.15, -0.1) is 29.4 Å². The van der Waals surface area contributed by atoms with Crippen molar-refractivity contribution in [1.82, 2.24) is 5.32 Å². The second kappa shape index (κ2) is 11.1. The van der Waals surface area contributed by atoms with Crippen molar-refractivity contribution >= 4 is 23.5 Å². The van der Waals surface area contributed by atoms with Crippen molar-refractivity contribution in [2.45, 2.75) is 36.7 Å². The summed E-state index contributed by atoms with van der Waals surface area (Å²) in [6.07, 6.45) is 6.10. The summed E-state index contributed by atoms with van der Waals surface area (Å²) in [4.78, 5) is 0. The fraction of sp³-hybridized carbons (Fsp3) is 0.556. The molecule has 114 valence electrons. The van der Waals surface area contributed by atoms with Gasteiger partial charge in [-0.2, -0.15) is 0 Å². The first-order valence-electron chi connectivity index (χ1n) is 7.89. The summed E-state index contributed by atoms with van der Waals surface area (Å²) in [7, 11) is 0. The van der Waals surface area contributed by atoms with E-state index in [2.05, 4.69) is 71.0 Å². The molecule has 1 saturated heterocycles. The van der Waals surface area contributed by atoms with E-state index in [9.17, 15) is 0 Å². The van der Waals surface area contributed by atoms with Crippen LogP contribution in [0.15, 0.2) is 30.3 Å². The summed E-state index contributed by atoms with van der Waals surface area (Å²) in [5.74, 6) is 9.24. The van der Waals surface area contributed by atoms with E-state index in [1.54, 1.807) is 0 Å². The van der Waals surface area contributed by atoms with Crippen LogP contribution in [0.5, 0.6) is 0 Å². The van der Waals surface area contributed by atoms with Gasteiger partial charge < -0.3 is 5.32 Å². The quantitative estimate of drug-likeness (QED) is 0.598. The summed E-state index contributed by atoms with van der Waals surface area (Å²) in [6, 6.07) is 10.6. The zero-order valence-corrected chi connectivity index (χ0v) is 14.3. The molecule has 2 rings (SSSR count). The van der Waals surface area contributed by atoms with Crippen LogP contribution in [0.25, 0.3) is 0 Å². The predicted molar refractivity (Wildman–Crippen MR) is 98.0 cm³/mol. The summed E-state index contributed by atoms with van der Waals surface area (Å²) in [5.41, 5.74) is 1.39. The number of rotatable bonds is 7. The van der Waals surface area contributed by atoms with Gasteiger partial charge in [0.25, 0.3) is 0 Å². The minimum atomic E-state index is 0.819. The van der Waals surface area contributed by atoms with Crippen molar-refractivity contribution in [2.75, 3.05) is 24.6 Å². The van der Waals surface area contributed by atoms with E-state index in [1.807, 2.05) is 0 Å². The number of unbranched alkanes of at least 4 members (excludes halogenated alkanes) is 1. The Kier molecular flexibility index (Phi) is 8.86. The molecule has 1 aromatic carbocycles. The Hall–Kier alpha value is -0.560. The smallest absolute Gasteiger partial charge is 0.0576 e. The van der Waals surface area contributed by atoms with Crippen molar-refractivity contribution in [3.8, 4) is 11.8 Å². The van der Waals surface area contributed by atoms with Gasteiger partial charge in [-0.1, -0.05) is 36.3 Å². The van der Waals surface area contributed by atoms with Crippen LogP contribution in [0.2, 0.25) is 0 Å². The third-order valence-electron chi connectivity index (χ3n) is 3.41. The van der Waals surface area contributed by atoms with Gasteiger partial charge in [0.1, 0.15) is 0 Å². The van der Waals surface area contributed by atoms with Gasteiger partial charge in [-0.05, 0) is 42.8 Å². The molecule has 1 fully saturated rings. The van der Waals surface area contributed by atoms with E-state index >= 15 is 0 Å². The Morgan fingerprint density at radius 3 is 2.71 bits per heavy atom. The van der Waals surface area contributed by atoms with Crippen LogP contribution >= 0.6 is 23.5 Å². The minimum Gasteiger partial charge on any atom is -0.306 e. The van der Waals surface area contributed by atoms with Crippen LogP contribution in [0.3, 0.4) is 0 Å². The molecule has 1 N–H and O–H groups in total. The Labute approximate surface area is 138 Å². The highest BCUT2D eigenvalue weighted by molar-refractivity contribution is 8.17. The molecule has 1 nitrogen and oxygen atoms in total. The van der Waals surface area contributed by atoms with Gasteiger partial charge in [0.15, 0.2) is 0 Å². The first-order chi connectivity index (χ1) is 10.4. The lowest BCUT2D eigenvalue weighted by atomic mass is 10.1. The number of benzene rings is 1. The zero-order chi connectivity index (χ0) is 14.6. The van der Waals surface area contributed by atoms with Gasteiger partial charge in [-0.3, -0.25) is 0 Å². The van der Waals surface area contributed by atoms with E-state index in [4.69, 9.17) is 0 Å². The molecule has 0 unspecified atom stereocenters. The Bertz CT molecular complexity index is 430. The van der Waals surface area contributed by atoms with Crippen LogP contribution in [0.4, 0.5) is 0 Å². The van der Waals surface area contributed by atoms with Gasteiger partial charge in [0.05, 0.1) is 11.1 Å². The monoisotopic (exact) mass is 319 g/mol. The minimum absolute atomic E-state index is 0.819. The van der Waals surface area contributed by atoms with Crippen molar-refractivity contribution in [3.05, 3.63) is 35.9 Å². The molecule has 1 aromatic rings. The van der Waals surface area contributed by atoms with Crippen molar-refractivity contribution in [3.63, 3.8) is 0 Å². The third kappa shape index (κ3) is 7.85. The maximum absolute atomic E-state index is 3.39. The summed E-state index contributed by atoms with van der Waals surface area (Å²) < 4.78 is 0.838. The number of thioether (sulfide) groups is 2. The maximum Gasteiger partial charge on any atom is 0.0576 e. The standard InChI is InChI=1S/C18H25NS2/c1(6-11-18-20-15-8-16-21-18)2-7-13-19-14-12-17-9-4-3-5-10-17/h3-5,9-10,18-19H,1,6,8,11-16H2. The molecule has 0 radical (unpaired) electrons. The highest BCUT2D eigenvalue weighted by Crippen LogP contribution is 2.33. The molecule has 1 heterocycles. The van der Waals surface area contributed by atoms with E-state index in [1.165, 1.54) is 36.3 Å². The number of nitrogens with one attached hydrogen (secondary N) is 1. The van der Waals surface area contributed by atoms with Crippen LogP contribution in [-0.2, 0) is 6.42 Å². The number of hydrogen-bond donors (Lipinski definition) is 1. The Morgan fingerprint density at radius 2 is 1.90 bits per heavy atom. The van der Waals surface area contributed by atoms with Crippen LogP contribution in [-0.4, -0.2) is 29.2 Å². The Morgan fingerprint density at radius 1 is 1.10 bits per heavy atom. The normalized spacial score (nSPS) is 15.4. The van der Waals surface area contributed by atoms with Crippen molar-refractivity contribution in [1.29, 1.82) is 0 Å². The molecular formula is C18H25NS2. The molecule has 0 spiro atoms. The molecule has 1 aliphatic heterocycles. The fourth-order valence-corrected chi connectivity index (χ4v) is 5.20. The van der Waals surface area contributed by atoms with E-state index in [0.29, 0.717) is 0 Å². The van der Waals surface area contributed by atoms with E-state index in [-0.39, 0.29) is 0 Å². The van der Waals surface area contributed by atoms with Gasteiger partial charge >= 0.3 is 0 Å². The van der Waals surface area contributed by atoms with Gasteiger partial charge in [0.2, 0.25) is 0 Å². The van der Waals surface area contributed by atoms with Gasteiger partial charge in [0, 0.05) is 13.0 Å². The fourth-order valence-electron chi connectivity index (χ4n) is 2.24. The van der Waals surface area contributed by atoms with E-state index < -0.39 is 0 Å². The number of hydrogen-bond acceptors (Lipinski definition) is 3. The van der Waals surface area contributed by atoms with Crippen LogP contribution < -0.4 is 5.32 Å². The first-order valence-corrected chi connectivity index (χ1v) is 9.98. The topological polar surface area (TPSA) is 12.0 Å². The summed E-state index contributed by atoms with van der Waals surface area (Å²) in [6.45, 7) is 1.83. The molecule has 0 saturated carbocycles. The van der Waals surface area contributed by atoms with Crippen molar-refractivity contribution in [2.24, 2.45) is 0 Å². The SMILES string of the molecule is C(#CCNCCc1ccccc1)CCCC1SCCCS1. The lowest BCUT2D eigenvalue weighted by Gasteiger charge is -2.19. The lowest BCUT2D eigenvalue weighted by molar-refractivity contribution is 0.751. The first kappa shape index (κ1) is 16.8. The lowest BCUT2D eigenvalue weighted by Crippen LogP contribution is -2.17.